The lowest BCUT2D eigenvalue weighted by Crippen LogP contribution is -2.23. The third kappa shape index (κ3) is 5.10. The Morgan fingerprint density at radius 2 is 1.91 bits per heavy atom. The maximum Gasteiger partial charge on any atom is 0.330 e. The van der Waals surface area contributed by atoms with Gasteiger partial charge in [-0.05, 0) is 41.5 Å². The van der Waals surface area contributed by atoms with Crippen LogP contribution in [0.2, 0.25) is 0 Å². The van der Waals surface area contributed by atoms with Crippen LogP contribution in [0.1, 0.15) is 11.1 Å². The fourth-order valence-corrected chi connectivity index (χ4v) is 2.53. The van der Waals surface area contributed by atoms with E-state index in [1.165, 1.54) is 13.3 Å². The van der Waals surface area contributed by atoms with Crippen LogP contribution in [0.3, 0.4) is 0 Å². The zero-order valence-corrected chi connectivity index (χ0v) is 14.0. The Hall–Kier alpha value is -2.34. The summed E-state index contributed by atoms with van der Waals surface area (Å²) >= 11 is 3.29. The van der Waals surface area contributed by atoms with Gasteiger partial charge in [0.05, 0.1) is 7.11 Å². The molecule has 5 nitrogen and oxygen atoms in total. The van der Waals surface area contributed by atoms with Crippen molar-refractivity contribution in [1.29, 1.82) is 0 Å². The molecule has 2 aromatic carbocycles. The predicted molar refractivity (Wildman–Crippen MR) is 91.0 cm³/mol. The zero-order chi connectivity index (χ0) is 16.8. The highest BCUT2D eigenvalue weighted by Crippen LogP contribution is 2.19. The van der Waals surface area contributed by atoms with Crippen molar-refractivity contribution in [2.45, 2.75) is 12.5 Å². The summed E-state index contributed by atoms with van der Waals surface area (Å²) in [6.45, 7) is 0. The highest BCUT2D eigenvalue weighted by atomic mass is 79.9. The van der Waals surface area contributed by atoms with E-state index in [0.29, 0.717) is 16.5 Å². The minimum absolute atomic E-state index is 0.106. The number of aromatic hydroxyl groups is 2. The number of esters is 1. The van der Waals surface area contributed by atoms with Crippen molar-refractivity contribution in [3.05, 3.63) is 58.1 Å². The molecule has 0 aliphatic rings. The van der Waals surface area contributed by atoms with E-state index >= 15 is 0 Å². The summed E-state index contributed by atoms with van der Waals surface area (Å²) in [6.07, 6.45) is 1.87. The van der Waals surface area contributed by atoms with Crippen molar-refractivity contribution in [3.63, 3.8) is 0 Å². The van der Waals surface area contributed by atoms with E-state index in [4.69, 9.17) is 4.74 Å². The Balaban J connectivity index is 2.19. The summed E-state index contributed by atoms with van der Waals surface area (Å²) < 4.78 is 5.50. The van der Waals surface area contributed by atoms with Crippen molar-refractivity contribution >= 4 is 28.1 Å². The van der Waals surface area contributed by atoms with Crippen LogP contribution in [0.5, 0.6) is 11.5 Å². The van der Waals surface area contributed by atoms with E-state index in [1.54, 1.807) is 42.5 Å². The Kier molecular flexibility index (Phi) is 5.76. The van der Waals surface area contributed by atoms with Gasteiger partial charge in [-0.3, -0.25) is 4.99 Å². The number of benzene rings is 2. The monoisotopic (exact) mass is 377 g/mol. The van der Waals surface area contributed by atoms with Gasteiger partial charge >= 0.3 is 5.97 Å². The molecule has 0 spiro atoms. The number of halogens is 1. The SMILES string of the molecule is COC(=O)C(Cc1ccc(O)cc1)N=Cc1cc(O)cc(Br)c1. The molecule has 0 radical (unpaired) electrons. The fraction of sp³-hybridized carbons (Fsp3) is 0.176. The van der Waals surface area contributed by atoms with Gasteiger partial charge in [0.15, 0.2) is 6.04 Å². The number of hydrogen-bond acceptors (Lipinski definition) is 5. The number of ether oxygens (including phenoxy) is 1. The van der Waals surface area contributed by atoms with Crippen LogP contribution in [0.15, 0.2) is 51.9 Å². The molecule has 23 heavy (non-hydrogen) atoms. The Morgan fingerprint density at radius 3 is 2.52 bits per heavy atom. The molecule has 2 rings (SSSR count). The number of aliphatic imine (C=N–C) groups is 1. The van der Waals surface area contributed by atoms with Crippen LogP contribution in [-0.4, -0.2) is 35.5 Å². The molecule has 1 atom stereocenters. The van der Waals surface area contributed by atoms with Crippen LogP contribution in [0.25, 0.3) is 0 Å². The maximum atomic E-state index is 11.9. The molecule has 0 bridgehead atoms. The second-order valence-electron chi connectivity index (χ2n) is 4.93. The van der Waals surface area contributed by atoms with Crippen molar-refractivity contribution < 1.29 is 19.7 Å². The predicted octanol–water partition coefficient (Wildman–Crippen LogP) is 3.06. The first kappa shape index (κ1) is 17.0. The summed E-state index contributed by atoms with van der Waals surface area (Å²) in [5.74, 6) is -0.181. The quantitative estimate of drug-likeness (QED) is 0.619. The summed E-state index contributed by atoms with van der Waals surface area (Å²) in [7, 11) is 1.31. The first-order chi connectivity index (χ1) is 11.0. The molecule has 0 heterocycles. The standard InChI is InChI=1S/C17H16BrNO4/c1-23-17(22)16(8-11-2-4-14(20)5-3-11)19-10-12-6-13(18)9-15(21)7-12/h2-7,9-10,16,20-21H,8H2,1H3. The third-order valence-corrected chi connectivity index (χ3v) is 3.60. The number of phenols is 2. The second-order valence-corrected chi connectivity index (χ2v) is 5.85. The molecule has 0 aromatic heterocycles. The minimum Gasteiger partial charge on any atom is -0.508 e. The minimum atomic E-state index is -0.703. The third-order valence-electron chi connectivity index (χ3n) is 3.15. The average Bonchev–Trinajstić information content (AvgIpc) is 2.51. The first-order valence-corrected chi connectivity index (χ1v) is 7.65. The van der Waals surface area contributed by atoms with Crippen LogP contribution >= 0.6 is 15.9 Å². The molecular weight excluding hydrogens is 362 g/mol. The molecular formula is C17H16BrNO4. The maximum absolute atomic E-state index is 11.9. The number of hydrogen-bond donors (Lipinski definition) is 2. The van der Waals surface area contributed by atoms with Crippen molar-refractivity contribution in [2.24, 2.45) is 4.99 Å². The Labute approximate surface area is 142 Å². The molecule has 0 saturated heterocycles. The van der Waals surface area contributed by atoms with E-state index in [9.17, 15) is 15.0 Å². The zero-order valence-electron chi connectivity index (χ0n) is 12.4. The van der Waals surface area contributed by atoms with Gasteiger partial charge in [0.25, 0.3) is 0 Å². The van der Waals surface area contributed by atoms with Gasteiger partial charge in [-0.25, -0.2) is 4.79 Å². The second kappa shape index (κ2) is 7.78. The van der Waals surface area contributed by atoms with Gasteiger partial charge in [0.2, 0.25) is 0 Å². The lowest BCUT2D eigenvalue weighted by molar-refractivity contribution is -0.142. The Morgan fingerprint density at radius 1 is 1.22 bits per heavy atom. The number of rotatable bonds is 5. The van der Waals surface area contributed by atoms with Crippen molar-refractivity contribution in [3.8, 4) is 11.5 Å². The highest BCUT2D eigenvalue weighted by Gasteiger charge is 2.18. The fourth-order valence-electron chi connectivity index (χ4n) is 2.04. The molecule has 0 fully saturated rings. The topological polar surface area (TPSA) is 79.1 Å². The molecule has 0 saturated carbocycles. The summed E-state index contributed by atoms with van der Waals surface area (Å²) in [4.78, 5) is 16.2. The smallest absolute Gasteiger partial charge is 0.330 e. The molecule has 1 unspecified atom stereocenters. The van der Waals surface area contributed by atoms with E-state index < -0.39 is 12.0 Å². The molecule has 0 aliphatic carbocycles. The number of nitrogens with zero attached hydrogens (tertiary/aromatic N) is 1. The molecule has 120 valence electrons. The molecule has 0 aliphatic heterocycles. The van der Waals surface area contributed by atoms with Crippen molar-refractivity contribution in [2.75, 3.05) is 7.11 Å². The normalized spacial score (nSPS) is 12.3. The molecule has 2 N–H and O–H groups in total. The molecule has 2 aromatic rings. The number of phenolic OH excluding ortho intramolecular Hbond substituents is 2. The average molecular weight is 378 g/mol. The van der Waals surface area contributed by atoms with Gasteiger partial charge in [-0.2, -0.15) is 0 Å². The van der Waals surface area contributed by atoms with Crippen LogP contribution in [-0.2, 0) is 16.0 Å². The van der Waals surface area contributed by atoms with Crippen LogP contribution in [0.4, 0.5) is 0 Å². The van der Waals surface area contributed by atoms with Gasteiger partial charge in [0.1, 0.15) is 11.5 Å². The lowest BCUT2D eigenvalue weighted by atomic mass is 10.1. The first-order valence-electron chi connectivity index (χ1n) is 6.86. The van der Waals surface area contributed by atoms with E-state index in [1.807, 2.05) is 0 Å². The lowest BCUT2D eigenvalue weighted by Gasteiger charge is -2.10. The summed E-state index contributed by atoms with van der Waals surface area (Å²) in [6, 6.07) is 10.7. The van der Waals surface area contributed by atoms with E-state index in [-0.39, 0.29) is 11.5 Å². The Bertz CT molecular complexity index is 693. The number of methoxy groups -OCH3 is 1. The van der Waals surface area contributed by atoms with Gasteiger partial charge in [0, 0.05) is 17.1 Å². The van der Waals surface area contributed by atoms with Crippen molar-refractivity contribution in [1.82, 2.24) is 0 Å². The van der Waals surface area contributed by atoms with Crippen LogP contribution < -0.4 is 0 Å². The number of carbonyl (C=O) groups is 1. The van der Waals surface area contributed by atoms with E-state index in [2.05, 4.69) is 20.9 Å². The van der Waals surface area contributed by atoms with E-state index in [0.717, 1.165) is 5.56 Å². The van der Waals surface area contributed by atoms with Gasteiger partial charge in [-0.15, -0.1) is 0 Å². The van der Waals surface area contributed by atoms with Crippen LogP contribution in [0, 0.1) is 0 Å². The van der Waals surface area contributed by atoms with Gasteiger partial charge in [-0.1, -0.05) is 28.1 Å². The summed E-state index contributed by atoms with van der Waals surface area (Å²) in [5, 5.41) is 18.9. The highest BCUT2D eigenvalue weighted by molar-refractivity contribution is 9.10. The summed E-state index contributed by atoms with van der Waals surface area (Å²) in [5.41, 5.74) is 1.52. The largest absolute Gasteiger partial charge is 0.508 e. The number of carbonyl (C=O) groups excluding carboxylic acids is 1. The molecule has 0 amide bonds. The van der Waals surface area contributed by atoms with Gasteiger partial charge < -0.3 is 14.9 Å². The molecule has 6 heteroatoms.